The number of nitrogens with one attached hydrogen (secondary N) is 1. The highest BCUT2D eigenvalue weighted by atomic mass is 35.5. The number of nitrogens with zero attached hydrogens (tertiary/aromatic N) is 2. The number of hydrogen-bond acceptors (Lipinski definition) is 4. The summed E-state index contributed by atoms with van der Waals surface area (Å²) in [7, 11) is 0. The van der Waals surface area contributed by atoms with Gasteiger partial charge in [-0.25, -0.2) is 4.99 Å². The number of amides is 1. The van der Waals surface area contributed by atoms with E-state index in [1.807, 2.05) is 38.1 Å². The zero-order valence-electron chi connectivity index (χ0n) is 19.3. The second-order valence-electron chi connectivity index (χ2n) is 8.94. The summed E-state index contributed by atoms with van der Waals surface area (Å²) < 4.78 is 0. The van der Waals surface area contributed by atoms with Crippen LogP contribution in [0.15, 0.2) is 46.3 Å². The second kappa shape index (κ2) is 8.45. The fourth-order valence-electron chi connectivity index (χ4n) is 4.56. The highest BCUT2D eigenvalue weighted by Gasteiger charge is 2.31. The van der Waals surface area contributed by atoms with Crippen LogP contribution < -0.4 is 10.2 Å². The summed E-state index contributed by atoms with van der Waals surface area (Å²) in [5.74, 6) is -0.157. The normalized spacial score (nSPS) is 19.9. The van der Waals surface area contributed by atoms with E-state index in [0.717, 1.165) is 40.2 Å². The number of likely N-dealkylation sites (N-methyl/N-ethyl adjacent to an activating group) is 1. The van der Waals surface area contributed by atoms with Crippen molar-refractivity contribution in [2.24, 2.45) is 4.99 Å². The van der Waals surface area contributed by atoms with E-state index in [2.05, 4.69) is 61.1 Å². The molecule has 0 saturated carbocycles. The largest absolute Gasteiger partial charge is 0.363 e. The van der Waals surface area contributed by atoms with Gasteiger partial charge in [-0.1, -0.05) is 23.7 Å². The lowest BCUT2D eigenvalue weighted by Crippen LogP contribution is -2.44. The smallest absolute Gasteiger partial charge is 0.264 e. The predicted molar refractivity (Wildman–Crippen MR) is 139 cm³/mol. The molecule has 0 aromatic heterocycles. The van der Waals surface area contributed by atoms with Crippen molar-refractivity contribution in [3.63, 3.8) is 0 Å². The summed E-state index contributed by atoms with van der Waals surface area (Å²) in [6.07, 6.45) is 4.14. The van der Waals surface area contributed by atoms with Crippen molar-refractivity contribution in [3.05, 3.63) is 68.6 Å². The average Bonchev–Trinajstić information content (AvgIpc) is 3.00. The van der Waals surface area contributed by atoms with Gasteiger partial charge in [0.1, 0.15) is 0 Å². The van der Waals surface area contributed by atoms with E-state index in [9.17, 15) is 4.79 Å². The van der Waals surface area contributed by atoms with E-state index >= 15 is 0 Å². The molecule has 4 nitrogen and oxygen atoms in total. The number of allylic oxidation sites excluding steroid dienone is 1. The number of benzene rings is 2. The number of carbonyl (C=O) groups is 1. The number of hydrogen-bond donors (Lipinski definition) is 1. The van der Waals surface area contributed by atoms with Gasteiger partial charge in [-0.15, -0.1) is 0 Å². The molecular weight excluding hydrogens is 438 g/mol. The van der Waals surface area contributed by atoms with E-state index in [-0.39, 0.29) is 11.4 Å². The van der Waals surface area contributed by atoms with Crippen LogP contribution in [-0.2, 0) is 4.79 Å². The highest BCUT2D eigenvalue weighted by molar-refractivity contribution is 8.18. The maximum absolute atomic E-state index is 12.6. The zero-order chi connectivity index (χ0) is 23.2. The molecule has 0 atom stereocenters. The number of anilines is 1. The Labute approximate surface area is 199 Å². The summed E-state index contributed by atoms with van der Waals surface area (Å²) >= 11 is 8.03. The molecular formula is C26H28ClN3OS. The summed E-state index contributed by atoms with van der Waals surface area (Å²) in [5, 5.41) is 4.08. The number of rotatable bonds is 3. The van der Waals surface area contributed by atoms with Crippen molar-refractivity contribution in [1.29, 1.82) is 0 Å². The van der Waals surface area contributed by atoms with Crippen LogP contribution in [0, 0.1) is 13.8 Å². The first kappa shape index (κ1) is 22.7. The quantitative estimate of drug-likeness (QED) is 0.503. The number of thioether (sulfide) groups is 1. The number of fused-ring (bicyclic) bond motifs is 1. The Balaban J connectivity index is 1.68. The van der Waals surface area contributed by atoms with Crippen LogP contribution in [0.25, 0.3) is 11.6 Å². The molecule has 0 radical (unpaired) electrons. The lowest BCUT2D eigenvalue weighted by atomic mass is 9.88. The number of carbonyl (C=O) groups excluding carboxylic acids is 1. The second-order valence-corrected chi connectivity index (χ2v) is 10.4. The molecule has 0 spiro atoms. The molecule has 166 valence electrons. The minimum absolute atomic E-state index is 0.0736. The molecule has 1 fully saturated rings. The minimum Gasteiger partial charge on any atom is -0.363 e. The van der Waals surface area contributed by atoms with E-state index in [1.165, 1.54) is 17.3 Å². The molecule has 0 unspecified atom stereocenters. The van der Waals surface area contributed by atoms with Gasteiger partial charge in [0.2, 0.25) is 0 Å². The van der Waals surface area contributed by atoms with Crippen LogP contribution in [0.4, 0.5) is 11.4 Å². The first-order valence-corrected chi connectivity index (χ1v) is 12.0. The van der Waals surface area contributed by atoms with Crippen LogP contribution in [0.5, 0.6) is 0 Å². The molecule has 0 bridgehead atoms. The molecule has 32 heavy (non-hydrogen) atoms. The van der Waals surface area contributed by atoms with Crippen molar-refractivity contribution >= 4 is 57.5 Å². The van der Waals surface area contributed by atoms with Crippen molar-refractivity contribution in [2.45, 2.75) is 47.1 Å². The van der Waals surface area contributed by atoms with Crippen LogP contribution in [0.1, 0.15) is 49.9 Å². The molecule has 2 aromatic rings. The third-order valence-corrected chi connectivity index (χ3v) is 7.02. The van der Waals surface area contributed by atoms with Gasteiger partial charge in [0.05, 0.1) is 16.1 Å². The Hall–Kier alpha value is -2.50. The SMILES string of the molecule is CCN1c2cc(Cl)c(/C=C3/SC(=Nc4cc(C)cc(C)c4)NC3=O)cc2C(C)=CC1(C)C. The lowest BCUT2D eigenvalue weighted by Gasteiger charge is -2.43. The molecule has 4 rings (SSSR count). The van der Waals surface area contributed by atoms with Gasteiger partial charge in [-0.05, 0) is 106 Å². The average molecular weight is 466 g/mol. The third-order valence-electron chi connectivity index (χ3n) is 5.79. The van der Waals surface area contributed by atoms with Gasteiger partial charge >= 0.3 is 0 Å². The summed E-state index contributed by atoms with van der Waals surface area (Å²) in [4.78, 5) is 20.2. The van der Waals surface area contributed by atoms with E-state index in [1.54, 1.807) is 0 Å². The van der Waals surface area contributed by atoms with Crippen LogP contribution >= 0.6 is 23.4 Å². The van der Waals surface area contributed by atoms with Crippen LogP contribution in [0.2, 0.25) is 5.02 Å². The number of aryl methyl sites for hydroxylation is 2. The summed E-state index contributed by atoms with van der Waals surface area (Å²) in [6.45, 7) is 13.7. The van der Waals surface area contributed by atoms with Gasteiger partial charge in [-0.3, -0.25) is 4.79 Å². The fraction of sp³-hybridized carbons (Fsp3) is 0.308. The molecule has 2 aliphatic rings. The Morgan fingerprint density at radius 2 is 1.81 bits per heavy atom. The van der Waals surface area contributed by atoms with E-state index in [0.29, 0.717) is 15.1 Å². The fourth-order valence-corrected chi connectivity index (χ4v) is 5.60. The zero-order valence-corrected chi connectivity index (χ0v) is 20.9. The molecule has 1 saturated heterocycles. The van der Waals surface area contributed by atoms with Crippen molar-refractivity contribution in [1.82, 2.24) is 5.32 Å². The van der Waals surface area contributed by atoms with E-state index in [4.69, 9.17) is 11.6 Å². The predicted octanol–water partition coefficient (Wildman–Crippen LogP) is 6.87. The Bertz CT molecular complexity index is 1190. The van der Waals surface area contributed by atoms with Gasteiger partial charge in [0.25, 0.3) is 5.91 Å². The number of aliphatic imine (C=N–C) groups is 1. The molecule has 2 heterocycles. The monoisotopic (exact) mass is 465 g/mol. The molecule has 1 N–H and O–H groups in total. The molecule has 1 amide bonds. The van der Waals surface area contributed by atoms with Gasteiger partial charge in [0, 0.05) is 22.8 Å². The van der Waals surface area contributed by atoms with Crippen LogP contribution in [0.3, 0.4) is 0 Å². The topological polar surface area (TPSA) is 44.7 Å². The number of halogens is 1. The Morgan fingerprint density at radius 3 is 2.47 bits per heavy atom. The Morgan fingerprint density at radius 1 is 1.12 bits per heavy atom. The van der Waals surface area contributed by atoms with Crippen molar-refractivity contribution in [2.75, 3.05) is 11.4 Å². The highest BCUT2D eigenvalue weighted by Crippen LogP contribution is 2.42. The van der Waals surface area contributed by atoms with E-state index < -0.39 is 0 Å². The Kier molecular flexibility index (Phi) is 5.99. The van der Waals surface area contributed by atoms with Crippen molar-refractivity contribution in [3.8, 4) is 0 Å². The maximum atomic E-state index is 12.6. The van der Waals surface area contributed by atoms with Crippen molar-refractivity contribution < 1.29 is 4.79 Å². The first-order chi connectivity index (χ1) is 15.1. The minimum atomic E-state index is -0.157. The van der Waals surface area contributed by atoms with Gasteiger partial charge in [0.15, 0.2) is 5.17 Å². The summed E-state index contributed by atoms with van der Waals surface area (Å²) in [5.41, 5.74) is 7.37. The summed E-state index contributed by atoms with van der Waals surface area (Å²) in [6, 6.07) is 10.2. The molecule has 2 aromatic carbocycles. The standard InChI is InChI=1S/C26H28ClN3OS/c1-7-30-22-13-21(27)18(11-20(22)17(4)14-26(30,5)6)12-23-24(31)29-25(32-23)28-19-9-15(2)8-16(3)10-19/h8-14H,7H2,1-6H3,(H,28,29,31)/b23-12+. The number of amidine groups is 1. The maximum Gasteiger partial charge on any atom is 0.264 e. The lowest BCUT2D eigenvalue weighted by molar-refractivity contribution is -0.115. The first-order valence-electron chi connectivity index (χ1n) is 10.8. The van der Waals surface area contributed by atoms with Gasteiger partial charge in [-0.2, -0.15) is 0 Å². The molecule has 0 aliphatic carbocycles. The molecule has 6 heteroatoms. The third kappa shape index (κ3) is 4.37. The van der Waals surface area contributed by atoms with Gasteiger partial charge < -0.3 is 10.2 Å². The van der Waals surface area contributed by atoms with Crippen LogP contribution in [-0.4, -0.2) is 23.2 Å². The molecule has 2 aliphatic heterocycles.